The van der Waals surface area contributed by atoms with Crippen molar-refractivity contribution in [3.8, 4) is 0 Å². The van der Waals surface area contributed by atoms with E-state index in [2.05, 4.69) is 0 Å². The second-order valence-electron chi connectivity index (χ2n) is 1.83. The molecule has 0 amide bonds. The molecule has 0 aliphatic heterocycles. The summed E-state index contributed by atoms with van der Waals surface area (Å²) < 4.78 is 76.0. The summed E-state index contributed by atoms with van der Waals surface area (Å²) in [5, 5.41) is 3.15. The van der Waals surface area contributed by atoms with Crippen LogP contribution in [-0.2, 0) is 14.9 Å². The minimum Gasteiger partial charge on any atom is -0.743 e. The zero-order valence-corrected chi connectivity index (χ0v) is 14.5. The molecule has 5 nitrogen and oxygen atoms in total. The number of alkyl halides is 4. The summed E-state index contributed by atoms with van der Waals surface area (Å²) in [6.45, 7) is 0. The van der Waals surface area contributed by atoms with Gasteiger partial charge in [-0.15, -0.1) is 0 Å². The fourth-order valence-corrected chi connectivity index (χ4v) is 0.673. The first-order valence-corrected chi connectivity index (χ1v) is 3.78. The van der Waals surface area contributed by atoms with Gasteiger partial charge < -0.3 is 14.5 Å². The van der Waals surface area contributed by atoms with Crippen molar-refractivity contribution in [1.82, 2.24) is 0 Å². The van der Waals surface area contributed by atoms with E-state index in [0.717, 1.165) is 0 Å². The van der Waals surface area contributed by atoms with Crippen LogP contribution < -0.4 is 108 Å². The molecule has 12 heteroatoms. The molecular formula is C3F4K2O5S. The third kappa shape index (κ3) is 4.86. The smallest absolute Gasteiger partial charge is 0.743 e. The van der Waals surface area contributed by atoms with Crippen LogP contribution in [-0.4, -0.2) is 30.1 Å². The molecule has 0 radical (unpaired) electrons. The van der Waals surface area contributed by atoms with E-state index >= 15 is 0 Å². The summed E-state index contributed by atoms with van der Waals surface area (Å²) in [6.07, 6.45) is 0. The van der Waals surface area contributed by atoms with Gasteiger partial charge in [0.1, 0.15) is 5.97 Å². The Labute approximate surface area is 167 Å². The van der Waals surface area contributed by atoms with E-state index in [4.69, 9.17) is 0 Å². The van der Waals surface area contributed by atoms with Gasteiger partial charge >= 0.3 is 114 Å². The average Bonchev–Trinajstić information content (AvgIpc) is 1.84. The molecule has 0 N–H and O–H groups in total. The normalized spacial score (nSPS) is 12.3. The maximum atomic E-state index is 11.9. The zero-order chi connectivity index (χ0) is 11.1. The summed E-state index contributed by atoms with van der Waals surface area (Å²) in [4.78, 5) is 9.37. The van der Waals surface area contributed by atoms with Gasteiger partial charge in [-0.25, -0.2) is 8.42 Å². The minimum atomic E-state index is -6.76. The van der Waals surface area contributed by atoms with Crippen LogP contribution in [0.15, 0.2) is 0 Å². The van der Waals surface area contributed by atoms with E-state index in [-0.39, 0.29) is 103 Å². The molecule has 15 heavy (non-hydrogen) atoms. The van der Waals surface area contributed by atoms with Gasteiger partial charge in [0.2, 0.25) is 0 Å². The fourth-order valence-electron chi connectivity index (χ4n) is 0.276. The van der Waals surface area contributed by atoms with Crippen LogP contribution in [0.2, 0.25) is 0 Å². The van der Waals surface area contributed by atoms with E-state index in [1.807, 2.05) is 0 Å². The van der Waals surface area contributed by atoms with Crippen LogP contribution in [0, 0.1) is 0 Å². The Morgan fingerprint density at radius 2 is 1.33 bits per heavy atom. The molecule has 0 spiro atoms. The van der Waals surface area contributed by atoms with Crippen LogP contribution in [0.25, 0.3) is 0 Å². The molecule has 0 aliphatic rings. The van der Waals surface area contributed by atoms with Gasteiger partial charge in [0.05, 0.1) is 0 Å². The van der Waals surface area contributed by atoms with Crippen molar-refractivity contribution in [3.63, 3.8) is 0 Å². The van der Waals surface area contributed by atoms with Crippen molar-refractivity contribution in [1.29, 1.82) is 0 Å². The minimum absolute atomic E-state index is 0. The van der Waals surface area contributed by atoms with Gasteiger partial charge in [-0.05, 0) is 0 Å². The van der Waals surface area contributed by atoms with Crippen molar-refractivity contribution < 1.29 is 143 Å². The summed E-state index contributed by atoms with van der Waals surface area (Å²) in [6, 6.07) is 0. The van der Waals surface area contributed by atoms with Gasteiger partial charge in [-0.2, -0.15) is 17.6 Å². The molecule has 0 heterocycles. The first-order chi connectivity index (χ1) is 5.44. The predicted molar refractivity (Wildman–Crippen MR) is 24.6 cm³/mol. The van der Waals surface area contributed by atoms with E-state index in [1.165, 1.54) is 0 Å². The van der Waals surface area contributed by atoms with Crippen LogP contribution in [0.1, 0.15) is 0 Å². The van der Waals surface area contributed by atoms with Crippen LogP contribution in [0.3, 0.4) is 0 Å². The number of aliphatic carboxylic acids is 1. The molecule has 0 fully saturated rings. The van der Waals surface area contributed by atoms with Crippen LogP contribution >= 0.6 is 0 Å². The average molecular weight is 302 g/mol. The number of hydrogen-bond acceptors (Lipinski definition) is 5. The molecule has 0 saturated carbocycles. The Morgan fingerprint density at radius 1 is 1.07 bits per heavy atom. The summed E-state index contributed by atoms with van der Waals surface area (Å²) in [5.41, 5.74) is 0. The first kappa shape index (κ1) is 22.5. The maximum Gasteiger partial charge on any atom is 1.00 e. The van der Waals surface area contributed by atoms with Crippen molar-refractivity contribution in [3.05, 3.63) is 0 Å². The molecule has 0 aliphatic carbocycles. The number of halogens is 4. The summed E-state index contributed by atoms with van der Waals surface area (Å²) in [7, 11) is -6.76. The topological polar surface area (TPSA) is 97.3 Å². The van der Waals surface area contributed by atoms with E-state index in [9.17, 15) is 40.4 Å². The van der Waals surface area contributed by atoms with Gasteiger partial charge in [0.15, 0.2) is 10.1 Å². The fraction of sp³-hybridized carbons (Fsp3) is 0.667. The van der Waals surface area contributed by atoms with Gasteiger partial charge in [0, 0.05) is 0 Å². The third-order valence-corrected chi connectivity index (χ3v) is 1.82. The van der Waals surface area contributed by atoms with Crippen molar-refractivity contribution in [2.24, 2.45) is 0 Å². The summed E-state index contributed by atoms with van der Waals surface area (Å²) in [5.74, 6) is -9.69. The Kier molecular flexibility index (Phi) is 10.6. The molecule has 0 saturated heterocycles. The second kappa shape index (κ2) is 7.08. The van der Waals surface area contributed by atoms with Crippen LogP contribution in [0.4, 0.5) is 17.6 Å². The Hall–Kier alpha value is 2.37. The first-order valence-electron chi connectivity index (χ1n) is 2.37. The number of carbonyl (C=O) groups is 1. The molecular weight excluding hydrogens is 302 g/mol. The molecule has 0 rings (SSSR count). The van der Waals surface area contributed by atoms with Crippen molar-refractivity contribution in [2.75, 3.05) is 0 Å². The quantitative estimate of drug-likeness (QED) is 0.293. The molecule has 0 bridgehead atoms. The third-order valence-electron chi connectivity index (χ3n) is 0.936. The maximum absolute atomic E-state index is 11.9. The molecule has 78 valence electrons. The van der Waals surface area contributed by atoms with Gasteiger partial charge in [-0.1, -0.05) is 0 Å². The van der Waals surface area contributed by atoms with Crippen molar-refractivity contribution in [2.45, 2.75) is 11.2 Å². The van der Waals surface area contributed by atoms with E-state index in [0.29, 0.717) is 0 Å². The molecule has 0 aromatic rings. The zero-order valence-electron chi connectivity index (χ0n) is 7.46. The standard InChI is InChI=1S/C3H2F4O5S.2K/c4-2(5,1(8)9)3(6,7)13(10,11)12;;/h(H,8,9)(H,10,11,12);;/q;2*+1/p-2. The van der Waals surface area contributed by atoms with Gasteiger partial charge in [0.25, 0.3) is 0 Å². The number of rotatable bonds is 3. The Morgan fingerprint density at radius 3 is 1.40 bits per heavy atom. The Bertz CT molecular complexity index is 327. The number of hydrogen-bond donors (Lipinski definition) is 0. The summed E-state index contributed by atoms with van der Waals surface area (Å²) >= 11 is 0. The molecule has 0 unspecified atom stereocenters. The second-order valence-corrected chi connectivity index (χ2v) is 3.25. The van der Waals surface area contributed by atoms with E-state index < -0.39 is 27.3 Å². The monoisotopic (exact) mass is 302 g/mol. The predicted octanol–water partition coefficient (Wildman–Crippen LogP) is -7.48. The van der Waals surface area contributed by atoms with E-state index in [1.54, 1.807) is 0 Å². The number of carboxylic acids is 1. The molecule has 0 aromatic heterocycles. The van der Waals surface area contributed by atoms with Crippen LogP contribution in [0.5, 0.6) is 0 Å². The SMILES string of the molecule is O=C([O-])C(F)(F)C(F)(F)S(=O)(=O)[O-].[K+].[K+]. The number of carbonyl (C=O) groups excluding carboxylic acids is 1. The number of carboxylic acid groups (broad SMARTS) is 1. The largest absolute Gasteiger partial charge is 1.00 e. The Balaban J connectivity index is -0.000000720. The molecule has 0 aromatic carbocycles. The van der Waals surface area contributed by atoms with Gasteiger partial charge in [-0.3, -0.25) is 0 Å². The van der Waals surface area contributed by atoms with Crippen molar-refractivity contribution >= 4 is 16.1 Å². The molecule has 0 atom stereocenters.